The quantitative estimate of drug-likeness (QED) is 0.712. The standard InChI is InChI=1S/C20H19F3N4/c21-20(22,23)14-9-7-13(8-10-14)18-16-5-1-2-6-17(16)19(27-26-18)25-15-4-3-11-24-12-15/h1-2,5-10,15,24H,3-4,11-12H2,(H,25,27)/t15-/m0/s1. The van der Waals surface area contributed by atoms with E-state index < -0.39 is 11.7 Å². The van der Waals surface area contributed by atoms with Crippen molar-refractivity contribution < 1.29 is 13.2 Å². The summed E-state index contributed by atoms with van der Waals surface area (Å²) in [7, 11) is 0. The summed E-state index contributed by atoms with van der Waals surface area (Å²) in [5, 5.41) is 17.2. The van der Waals surface area contributed by atoms with Crippen molar-refractivity contribution in [2.75, 3.05) is 18.4 Å². The molecular formula is C20H19F3N4. The number of rotatable bonds is 3. The third-order valence-electron chi connectivity index (χ3n) is 4.81. The molecule has 1 saturated heterocycles. The van der Waals surface area contributed by atoms with Crippen LogP contribution >= 0.6 is 0 Å². The van der Waals surface area contributed by atoms with Crippen LogP contribution in [0.1, 0.15) is 18.4 Å². The second-order valence-corrected chi connectivity index (χ2v) is 6.71. The lowest BCUT2D eigenvalue weighted by Gasteiger charge is -2.24. The topological polar surface area (TPSA) is 49.8 Å². The lowest BCUT2D eigenvalue weighted by molar-refractivity contribution is -0.137. The zero-order valence-electron chi connectivity index (χ0n) is 14.6. The van der Waals surface area contributed by atoms with Crippen LogP contribution < -0.4 is 10.6 Å². The molecule has 4 nitrogen and oxygen atoms in total. The SMILES string of the molecule is FC(F)(F)c1ccc(-c2nnc(N[C@H]3CCCNC3)c3ccccc23)cc1. The van der Waals surface area contributed by atoms with Crippen molar-refractivity contribution in [1.29, 1.82) is 0 Å². The number of hydrogen-bond acceptors (Lipinski definition) is 4. The second kappa shape index (κ2) is 7.15. The van der Waals surface area contributed by atoms with Crippen LogP contribution in [-0.2, 0) is 6.18 Å². The number of alkyl halides is 3. The summed E-state index contributed by atoms with van der Waals surface area (Å²) >= 11 is 0. The largest absolute Gasteiger partial charge is 0.416 e. The first kappa shape index (κ1) is 17.7. The number of fused-ring (bicyclic) bond motifs is 1. The summed E-state index contributed by atoms with van der Waals surface area (Å²) in [6.45, 7) is 1.90. The molecule has 0 radical (unpaired) electrons. The van der Waals surface area contributed by atoms with Gasteiger partial charge in [-0.1, -0.05) is 36.4 Å². The van der Waals surface area contributed by atoms with Crippen LogP contribution in [0, 0.1) is 0 Å². The van der Waals surface area contributed by atoms with Gasteiger partial charge in [0.05, 0.1) is 5.56 Å². The number of anilines is 1. The Labute approximate surface area is 154 Å². The molecule has 1 aliphatic heterocycles. The molecule has 1 aromatic heterocycles. The van der Waals surface area contributed by atoms with E-state index in [1.54, 1.807) is 0 Å². The first-order valence-corrected chi connectivity index (χ1v) is 8.93. The van der Waals surface area contributed by atoms with Crippen LogP contribution in [0.15, 0.2) is 48.5 Å². The van der Waals surface area contributed by atoms with Gasteiger partial charge in [0.15, 0.2) is 5.82 Å². The van der Waals surface area contributed by atoms with Gasteiger partial charge >= 0.3 is 6.18 Å². The van der Waals surface area contributed by atoms with E-state index in [0.29, 0.717) is 17.1 Å². The highest BCUT2D eigenvalue weighted by atomic mass is 19.4. The Bertz CT molecular complexity index is 932. The van der Waals surface area contributed by atoms with Gasteiger partial charge in [-0.15, -0.1) is 10.2 Å². The molecule has 1 fully saturated rings. The number of benzene rings is 2. The maximum atomic E-state index is 12.8. The van der Waals surface area contributed by atoms with E-state index in [1.165, 1.54) is 12.1 Å². The van der Waals surface area contributed by atoms with Crippen LogP contribution in [0.2, 0.25) is 0 Å². The normalized spacial score (nSPS) is 17.8. The van der Waals surface area contributed by atoms with Crippen LogP contribution in [0.3, 0.4) is 0 Å². The molecule has 4 rings (SSSR count). The third-order valence-corrected chi connectivity index (χ3v) is 4.81. The third kappa shape index (κ3) is 3.73. The predicted molar refractivity (Wildman–Crippen MR) is 99.5 cm³/mol. The van der Waals surface area contributed by atoms with Gasteiger partial charge in [0, 0.05) is 28.9 Å². The fourth-order valence-electron chi connectivity index (χ4n) is 3.41. The summed E-state index contributed by atoms with van der Waals surface area (Å²) in [4.78, 5) is 0. The van der Waals surface area contributed by atoms with Crippen molar-refractivity contribution in [2.45, 2.75) is 25.1 Å². The van der Waals surface area contributed by atoms with Gasteiger partial charge in [-0.05, 0) is 31.5 Å². The molecule has 0 bridgehead atoms. The van der Waals surface area contributed by atoms with E-state index in [0.717, 1.165) is 48.8 Å². The van der Waals surface area contributed by atoms with Gasteiger partial charge in [0.25, 0.3) is 0 Å². The van der Waals surface area contributed by atoms with Crippen molar-refractivity contribution in [3.05, 3.63) is 54.1 Å². The number of nitrogens with one attached hydrogen (secondary N) is 2. The van der Waals surface area contributed by atoms with Gasteiger partial charge in [0.2, 0.25) is 0 Å². The molecule has 7 heteroatoms. The Kier molecular flexibility index (Phi) is 4.70. The smallest absolute Gasteiger partial charge is 0.364 e. The number of hydrogen-bond donors (Lipinski definition) is 2. The highest BCUT2D eigenvalue weighted by Crippen LogP contribution is 2.33. The Morgan fingerprint density at radius 2 is 1.70 bits per heavy atom. The van der Waals surface area contributed by atoms with Gasteiger partial charge in [0.1, 0.15) is 5.69 Å². The molecule has 0 saturated carbocycles. The average Bonchev–Trinajstić information content (AvgIpc) is 2.68. The summed E-state index contributed by atoms with van der Waals surface area (Å²) in [6.07, 6.45) is -2.19. The van der Waals surface area contributed by atoms with E-state index in [2.05, 4.69) is 20.8 Å². The van der Waals surface area contributed by atoms with E-state index in [1.807, 2.05) is 24.3 Å². The van der Waals surface area contributed by atoms with Crippen molar-refractivity contribution in [2.24, 2.45) is 0 Å². The van der Waals surface area contributed by atoms with E-state index >= 15 is 0 Å². The molecule has 0 amide bonds. The van der Waals surface area contributed by atoms with Gasteiger partial charge < -0.3 is 10.6 Å². The molecule has 1 atom stereocenters. The minimum Gasteiger partial charge on any atom is -0.364 e. The highest BCUT2D eigenvalue weighted by Gasteiger charge is 2.30. The van der Waals surface area contributed by atoms with E-state index in [9.17, 15) is 13.2 Å². The molecule has 3 aromatic rings. The minimum atomic E-state index is -4.35. The Hall–Kier alpha value is -2.67. The molecule has 27 heavy (non-hydrogen) atoms. The Morgan fingerprint density at radius 1 is 0.963 bits per heavy atom. The Balaban J connectivity index is 1.71. The molecule has 2 aromatic carbocycles. The fraction of sp³-hybridized carbons (Fsp3) is 0.300. The van der Waals surface area contributed by atoms with Crippen molar-refractivity contribution in [3.63, 3.8) is 0 Å². The van der Waals surface area contributed by atoms with Gasteiger partial charge in [-0.3, -0.25) is 0 Å². The molecule has 2 heterocycles. The molecular weight excluding hydrogens is 353 g/mol. The summed E-state index contributed by atoms with van der Waals surface area (Å²) < 4.78 is 38.4. The lowest BCUT2D eigenvalue weighted by Crippen LogP contribution is -2.38. The number of piperidine rings is 1. The summed E-state index contributed by atoms with van der Waals surface area (Å²) in [5.41, 5.74) is 0.510. The number of aromatic nitrogens is 2. The zero-order chi connectivity index (χ0) is 18.9. The van der Waals surface area contributed by atoms with E-state index in [-0.39, 0.29) is 6.04 Å². The number of nitrogens with zero attached hydrogens (tertiary/aromatic N) is 2. The molecule has 2 N–H and O–H groups in total. The first-order valence-electron chi connectivity index (χ1n) is 8.93. The van der Waals surface area contributed by atoms with Crippen molar-refractivity contribution in [3.8, 4) is 11.3 Å². The number of halogens is 3. The molecule has 0 aliphatic carbocycles. The lowest BCUT2D eigenvalue weighted by atomic mass is 10.0. The molecule has 140 valence electrons. The predicted octanol–water partition coefficient (Wildman–Crippen LogP) is 4.48. The summed E-state index contributed by atoms with van der Waals surface area (Å²) in [6, 6.07) is 13.0. The van der Waals surface area contributed by atoms with Crippen LogP contribution in [0.25, 0.3) is 22.0 Å². The van der Waals surface area contributed by atoms with Gasteiger partial charge in [-0.2, -0.15) is 13.2 Å². The first-order chi connectivity index (χ1) is 13.0. The fourth-order valence-corrected chi connectivity index (χ4v) is 3.41. The maximum Gasteiger partial charge on any atom is 0.416 e. The van der Waals surface area contributed by atoms with Gasteiger partial charge in [-0.25, -0.2) is 0 Å². The highest BCUT2D eigenvalue weighted by molar-refractivity contribution is 6.00. The monoisotopic (exact) mass is 372 g/mol. The zero-order valence-corrected chi connectivity index (χ0v) is 14.6. The summed E-state index contributed by atoms with van der Waals surface area (Å²) in [5.74, 6) is 0.704. The maximum absolute atomic E-state index is 12.8. The molecule has 0 unspecified atom stereocenters. The van der Waals surface area contributed by atoms with Crippen molar-refractivity contribution >= 4 is 16.6 Å². The molecule has 1 aliphatic rings. The van der Waals surface area contributed by atoms with Crippen molar-refractivity contribution in [1.82, 2.24) is 15.5 Å². The van der Waals surface area contributed by atoms with E-state index in [4.69, 9.17) is 0 Å². The second-order valence-electron chi connectivity index (χ2n) is 6.71. The van der Waals surface area contributed by atoms with Crippen LogP contribution in [0.5, 0.6) is 0 Å². The Morgan fingerprint density at radius 3 is 2.37 bits per heavy atom. The average molecular weight is 372 g/mol. The molecule has 0 spiro atoms. The minimum absolute atomic E-state index is 0.286. The van der Waals surface area contributed by atoms with Crippen LogP contribution in [-0.4, -0.2) is 29.3 Å². The van der Waals surface area contributed by atoms with Crippen LogP contribution in [0.4, 0.5) is 19.0 Å².